The SMILES string of the molecule is CCC(NC(=O)C(N)CC(=O)O)c1ccccc1OC. The molecule has 0 aliphatic heterocycles. The van der Waals surface area contributed by atoms with Crippen LogP contribution < -0.4 is 15.8 Å². The van der Waals surface area contributed by atoms with E-state index in [2.05, 4.69) is 5.32 Å². The van der Waals surface area contributed by atoms with E-state index in [1.807, 2.05) is 25.1 Å². The van der Waals surface area contributed by atoms with Gasteiger partial charge in [-0.1, -0.05) is 25.1 Å². The fourth-order valence-electron chi connectivity index (χ4n) is 1.91. The molecule has 0 heterocycles. The van der Waals surface area contributed by atoms with Crippen LogP contribution in [-0.4, -0.2) is 30.1 Å². The van der Waals surface area contributed by atoms with Crippen LogP contribution in [0.15, 0.2) is 24.3 Å². The number of carbonyl (C=O) groups is 2. The Balaban J connectivity index is 2.81. The lowest BCUT2D eigenvalue weighted by Gasteiger charge is -2.21. The fraction of sp³-hybridized carbons (Fsp3) is 0.429. The molecule has 0 radical (unpaired) electrons. The highest BCUT2D eigenvalue weighted by atomic mass is 16.5. The Hall–Kier alpha value is -2.08. The van der Waals surface area contributed by atoms with Crippen LogP contribution in [0.1, 0.15) is 31.4 Å². The van der Waals surface area contributed by atoms with Crippen molar-refractivity contribution < 1.29 is 19.4 Å². The molecule has 1 aromatic carbocycles. The maximum atomic E-state index is 11.9. The summed E-state index contributed by atoms with van der Waals surface area (Å²) in [7, 11) is 1.56. The Morgan fingerprint density at radius 3 is 2.60 bits per heavy atom. The molecule has 0 fully saturated rings. The van der Waals surface area contributed by atoms with E-state index >= 15 is 0 Å². The van der Waals surface area contributed by atoms with Gasteiger partial charge in [0.25, 0.3) is 0 Å². The van der Waals surface area contributed by atoms with Crippen molar-refractivity contribution in [2.45, 2.75) is 31.8 Å². The summed E-state index contributed by atoms with van der Waals surface area (Å²) < 4.78 is 5.26. The molecule has 0 aliphatic rings. The van der Waals surface area contributed by atoms with E-state index in [4.69, 9.17) is 15.6 Å². The number of hydrogen-bond acceptors (Lipinski definition) is 4. The highest BCUT2D eigenvalue weighted by Crippen LogP contribution is 2.26. The Bertz CT molecular complexity index is 476. The molecule has 1 aromatic rings. The van der Waals surface area contributed by atoms with Crippen molar-refractivity contribution in [1.29, 1.82) is 0 Å². The first-order valence-corrected chi connectivity index (χ1v) is 6.40. The summed E-state index contributed by atoms with van der Waals surface area (Å²) in [5, 5.41) is 11.4. The third-order valence-electron chi connectivity index (χ3n) is 2.97. The highest BCUT2D eigenvalue weighted by Gasteiger charge is 2.22. The Labute approximate surface area is 117 Å². The minimum absolute atomic E-state index is 0.265. The van der Waals surface area contributed by atoms with Crippen molar-refractivity contribution in [3.63, 3.8) is 0 Å². The molecule has 6 heteroatoms. The average Bonchev–Trinajstić information content (AvgIpc) is 2.43. The van der Waals surface area contributed by atoms with E-state index in [0.29, 0.717) is 12.2 Å². The van der Waals surface area contributed by atoms with Crippen LogP contribution in [0.3, 0.4) is 0 Å². The number of benzene rings is 1. The summed E-state index contributed by atoms with van der Waals surface area (Å²) in [6.45, 7) is 1.92. The lowest BCUT2D eigenvalue weighted by atomic mass is 10.0. The van der Waals surface area contributed by atoms with E-state index in [0.717, 1.165) is 5.56 Å². The molecular weight excluding hydrogens is 260 g/mol. The van der Waals surface area contributed by atoms with Gasteiger partial charge >= 0.3 is 5.97 Å². The van der Waals surface area contributed by atoms with Gasteiger partial charge in [0.05, 0.1) is 25.6 Å². The van der Waals surface area contributed by atoms with Gasteiger partial charge in [-0.15, -0.1) is 0 Å². The molecule has 1 rings (SSSR count). The predicted molar refractivity (Wildman–Crippen MR) is 74.4 cm³/mol. The number of nitrogens with one attached hydrogen (secondary N) is 1. The maximum Gasteiger partial charge on any atom is 0.305 e. The molecule has 0 saturated carbocycles. The van der Waals surface area contributed by atoms with Crippen LogP contribution >= 0.6 is 0 Å². The molecule has 110 valence electrons. The van der Waals surface area contributed by atoms with Gasteiger partial charge in [0.2, 0.25) is 5.91 Å². The van der Waals surface area contributed by atoms with Crippen LogP contribution in [0.5, 0.6) is 5.75 Å². The number of rotatable bonds is 7. The third-order valence-corrected chi connectivity index (χ3v) is 2.97. The van der Waals surface area contributed by atoms with E-state index in [9.17, 15) is 9.59 Å². The standard InChI is InChI=1S/C14H20N2O4/c1-3-11(9-6-4-5-7-12(9)20-2)16-14(19)10(15)8-13(17)18/h4-7,10-11H,3,8,15H2,1-2H3,(H,16,19)(H,17,18). The molecule has 1 amide bonds. The first-order valence-electron chi connectivity index (χ1n) is 6.40. The van der Waals surface area contributed by atoms with Crippen molar-refractivity contribution in [2.75, 3.05) is 7.11 Å². The number of carboxylic acids is 1. The topological polar surface area (TPSA) is 102 Å². The van der Waals surface area contributed by atoms with Gasteiger partial charge in [-0.05, 0) is 12.5 Å². The predicted octanol–water partition coefficient (Wildman–Crippen LogP) is 1.06. The first-order chi connectivity index (χ1) is 9.49. The van der Waals surface area contributed by atoms with Gasteiger partial charge in [-0.2, -0.15) is 0 Å². The third kappa shape index (κ3) is 4.24. The van der Waals surface area contributed by atoms with Crippen molar-refractivity contribution in [2.24, 2.45) is 5.73 Å². The maximum absolute atomic E-state index is 11.9. The zero-order valence-corrected chi connectivity index (χ0v) is 11.6. The Morgan fingerprint density at radius 2 is 2.05 bits per heavy atom. The number of nitrogens with two attached hydrogens (primary N) is 1. The van der Waals surface area contributed by atoms with Gasteiger partial charge in [0, 0.05) is 5.56 Å². The summed E-state index contributed by atoms with van der Waals surface area (Å²) in [4.78, 5) is 22.4. The van der Waals surface area contributed by atoms with Crippen LogP contribution in [0.25, 0.3) is 0 Å². The zero-order chi connectivity index (χ0) is 15.1. The normalized spacial score (nSPS) is 13.3. The van der Waals surface area contributed by atoms with Crippen molar-refractivity contribution in [1.82, 2.24) is 5.32 Å². The zero-order valence-electron chi connectivity index (χ0n) is 11.6. The number of aliphatic carboxylic acids is 1. The van der Waals surface area contributed by atoms with Crippen molar-refractivity contribution in [3.8, 4) is 5.75 Å². The minimum Gasteiger partial charge on any atom is -0.496 e. The van der Waals surface area contributed by atoms with Crippen LogP contribution in [0.2, 0.25) is 0 Å². The lowest BCUT2D eigenvalue weighted by molar-refractivity contribution is -0.139. The number of amides is 1. The summed E-state index contributed by atoms with van der Waals surface area (Å²) >= 11 is 0. The number of hydrogen-bond donors (Lipinski definition) is 3. The molecule has 0 aliphatic carbocycles. The molecule has 6 nitrogen and oxygen atoms in total. The monoisotopic (exact) mass is 280 g/mol. The molecule has 20 heavy (non-hydrogen) atoms. The minimum atomic E-state index is -1.10. The summed E-state index contributed by atoms with van der Waals surface area (Å²) in [5.41, 5.74) is 6.39. The molecule has 4 N–H and O–H groups in total. The Morgan fingerprint density at radius 1 is 1.40 bits per heavy atom. The van der Waals surface area contributed by atoms with Gasteiger partial charge < -0.3 is 20.9 Å². The number of ether oxygens (including phenoxy) is 1. The van der Waals surface area contributed by atoms with E-state index in [1.165, 1.54) is 0 Å². The average molecular weight is 280 g/mol. The number of carbonyl (C=O) groups excluding carboxylic acids is 1. The lowest BCUT2D eigenvalue weighted by Crippen LogP contribution is -2.43. The smallest absolute Gasteiger partial charge is 0.305 e. The van der Waals surface area contributed by atoms with E-state index in [-0.39, 0.29) is 6.04 Å². The van der Waals surface area contributed by atoms with Crippen LogP contribution in [0, 0.1) is 0 Å². The fourth-order valence-corrected chi connectivity index (χ4v) is 1.91. The molecule has 0 spiro atoms. The van der Waals surface area contributed by atoms with E-state index < -0.39 is 24.3 Å². The number of carboxylic acid groups (broad SMARTS) is 1. The molecule has 2 unspecified atom stereocenters. The summed E-state index contributed by atoms with van der Waals surface area (Å²) in [6, 6.07) is 6.03. The Kier molecular flexibility index (Phi) is 5.99. The van der Waals surface area contributed by atoms with Gasteiger partial charge in [-0.3, -0.25) is 9.59 Å². The van der Waals surface area contributed by atoms with Gasteiger partial charge in [-0.25, -0.2) is 0 Å². The summed E-state index contributed by atoms with van der Waals surface area (Å²) in [5.74, 6) is -0.908. The number of methoxy groups -OCH3 is 1. The van der Waals surface area contributed by atoms with Gasteiger partial charge in [0.1, 0.15) is 5.75 Å². The van der Waals surface area contributed by atoms with Crippen molar-refractivity contribution in [3.05, 3.63) is 29.8 Å². The first kappa shape index (κ1) is 16.0. The summed E-state index contributed by atoms with van der Waals surface area (Å²) in [6.07, 6.45) is 0.250. The highest BCUT2D eigenvalue weighted by molar-refractivity contribution is 5.86. The number of para-hydroxylation sites is 1. The molecule has 2 atom stereocenters. The second-order valence-electron chi connectivity index (χ2n) is 4.42. The molecule has 0 saturated heterocycles. The molecular formula is C14H20N2O4. The second-order valence-corrected chi connectivity index (χ2v) is 4.42. The molecule has 0 aromatic heterocycles. The second kappa shape index (κ2) is 7.49. The largest absolute Gasteiger partial charge is 0.496 e. The van der Waals surface area contributed by atoms with Crippen LogP contribution in [-0.2, 0) is 9.59 Å². The van der Waals surface area contributed by atoms with Crippen LogP contribution in [0.4, 0.5) is 0 Å². The van der Waals surface area contributed by atoms with Crippen molar-refractivity contribution >= 4 is 11.9 Å². The quantitative estimate of drug-likeness (QED) is 0.693. The molecule has 0 bridgehead atoms. The van der Waals surface area contributed by atoms with E-state index in [1.54, 1.807) is 13.2 Å². The van der Waals surface area contributed by atoms with Gasteiger partial charge in [0.15, 0.2) is 0 Å².